The van der Waals surface area contributed by atoms with Crippen LogP contribution < -0.4 is 0 Å². The molecule has 1 aromatic carbocycles. The molecule has 0 atom stereocenters. The van der Waals surface area contributed by atoms with E-state index in [0.29, 0.717) is 11.4 Å². The highest BCUT2D eigenvalue weighted by atomic mass is 16.3. The number of phenols is 2. The van der Waals surface area contributed by atoms with E-state index in [0.717, 1.165) is 10.7 Å². The Bertz CT molecular complexity index is 782. The third-order valence-corrected chi connectivity index (χ3v) is 2.87. The average molecular weight is 283 g/mol. The minimum atomic E-state index is -0.574. The van der Waals surface area contributed by atoms with Crippen LogP contribution >= 0.6 is 0 Å². The first-order valence-electron chi connectivity index (χ1n) is 6.14. The lowest BCUT2D eigenvalue weighted by molar-refractivity contribution is 0.0944. The molecule has 0 aliphatic carbocycles. The van der Waals surface area contributed by atoms with Crippen molar-refractivity contribution in [2.75, 3.05) is 0 Å². The Balaban J connectivity index is 2.44. The molecule has 2 rings (SSSR count). The molecule has 1 heterocycles. The number of aryl methyl sites for hydroxylation is 2. The molecule has 21 heavy (non-hydrogen) atoms. The molecular weight excluding hydrogens is 270 g/mol. The van der Waals surface area contributed by atoms with E-state index in [2.05, 4.69) is 5.10 Å². The van der Waals surface area contributed by atoms with Crippen molar-refractivity contribution in [2.24, 2.45) is 0 Å². The van der Waals surface area contributed by atoms with Gasteiger partial charge in [0, 0.05) is 17.3 Å². The summed E-state index contributed by atoms with van der Waals surface area (Å²) in [5.41, 5.74) is 1.39. The van der Waals surface area contributed by atoms with Crippen molar-refractivity contribution in [3.63, 3.8) is 0 Å². The minimum Gasteiger partial charge on any atom is -0.508 e. The Morgan fingerprint density at radius 2 is 2.05 bits per heavy atom. The second-order valence-corrected chi connectivity index (χ2v) is 4.56. The summed E-state index contributed by atoms with van der Waals surface area (Å²) in [6, 6.07) is 7.43. The number of carbonyl (C=O) groups excluding carboxylic acids is 1. The SMILES string of the molecule is Cc1cc(C)n(C(=O)/C(C#N)=C/c2ccc(O)cc2O)n1. The Morgan fingerprint density at radius 3 is 2.57 bits per heavy atom. The summed E-state index contributed by atoms with van der Waals surface area (Å²) < 4.78 is 1.14. The fourth-order valence-electron chi connectivity index (χ4n) is 1.90. The molecule has 0 aliphatic rings. The van der Waals surface area contributed by atoms with Gasteiger partial charge < -0.3 is 10.2 Å². The van der Waals surface area contributed by atoms with Crippen molar-refractivity contribution in [2.45, 2.75) is 13.8 Å². The van der Waals surface area contributed by atoms with Crippen LogP contribution in [0.15, 0.2) is 29.8 Å². The Hall–Kier alpha value is -3.07. The van der Waals surface area contributed by atoms with Gasteiger partial charge in [-0.2, -0.15) is 10.4 Å². The molecule has 0 aliphatic heterocycles. The molecule has 6 nitrogen and oxygen atoms in total. The third-order valence-electron chi connectivity index (χ3n) is 2.87. The molecule has 0 fully saturated rings. The van der Waals surface area contributed by atoms with Gasteiger partial charge >= 0.3 is 0 Å². The smallest absolute Gasteiger partial charge is 0.289 e. The fourth-order valence-corrected chi connectivity index (χ4v) is 1.90. The number of allylic oxidation sites excluding steroid dienone is 1. The van der Waals surface area contributed by atoms with E-state index in [1.807, 2.05) is 0 Å². The van der Waals surface area contributed by atoms with Crippen molar-refractivity contribution in [1.82, 2.24) is 9.78 Å². The lowest BCUT2D eigenvalue weighted by Crippen LogP contribution is -2.15. The zero-order chi connectivity index (χ0) is 15.6. The van der Waals surface area contributed by atoms with Crippen molar-refractivity contribution < 1.29 is 15.0 Å². The molecule has 0 amide bonds. The summed E-state index contributed by atoms with van der Waals surface area (Å²) in [4.78, 5) is 12.3. The predicted molar refractivity (Wildman–Crippen MR) is 75.7 cm³/mol. The van der Waals surface area contributed by atoms with Gasteiger partial charge in [-0.25, -0.2) is 4.68 Å². The van der Waals surface area contributed by atoms with Crippen LogP contribution in [0.2, 0.25) is 0 Å². The van der Waals surface area contributed by atoms with Crippen molar-refractivity contribution in [3.8, 4) is 17.6 Å². The second-order valence-electron chi connectivity index (χ2n) is 4.56. The number of carbonyl (C=O) groups is 1. The highest BCUT2D eigenvalue weighted by Crippen LogP contribution is 2.25. The topological polar surface area (TPSA) is 99.1 Å². The van der Waals surface area contributed by atoms with Gasteiger partial charge in [0.05, 0.1) is 5.69 Å². The number of hydrogen-bond donors (Lipinski definition) is 2. The maximum Gasteiger partial charge on any atom is 0.289 e. The largest absolute Gasteiger partial charge is 0.508 e. The van der Waals surface area contributed by atoms with Crippen LogP contribution in [0.25, 0.3) is 6.08 Å². The summed E-state index contributed by atoms with van der Waals surface area (Å²) in [6.45, 7) is 3.46. The van der Waals surface area contributed by atoms with Gasteiger partial charge in [0.2, 0.25) is 0 Å². The van der Waals surface area contributed by atoms with Crippen LogP contribution in [0.1, 0.15) is 21.7 Å². The van der Waals surface area contributed by atoms with Crippen LogP contribution in [0, 0.1) is 25.2 Å². The van der Waals surface area contributed by atoms with Gasteiger partial charge in [0.15, 0.2) is 0 Å². The molecule has 6 heteroatoms. The average Bonchev–Trinajstić information content (AvgIpc) is 2.76. The van der Waals surface area contributed by atoms with Crippen LogP contribution in [0.5, 0.6) is 11.5 Å². The molecule has 1 aromatic heterocycles. The molecule has 106 valence electrons. The molecule has 0 saturated heterocycles. The van der Waals surface area contributed by atoms with Gasteiger partial charge in [-0.3, -0.25) is 4.79 Å². The number of nitriles is 1. The summed E-state index contributed by atoms with van der Waals surface area (Å²) in [7, 11) is 0. The maximum atomic E-state index is 12.3. The number of nitrogens with zero attached hydrogens (tertiary/aromatic N) is 3. The summed E-state index contributed by atoms with van der Waals surface area (Å²) in [5, 5.41) is 32.1. The van der Waals surface area contributed by atoms with Crippen molar-refractivity contribution in [3.05, 3.63) is 46.8 Å². The molecule has 0 radical (unpaired) electrons. The fraction of sp³-hybridized carbons (Fsp3) is 0.133. The van der Waals surface area contributed by atoms with Gasteiger partial charge in [0.1, 0.15) is 23.1 Å². The van der Waals surface area contributed by atoms with Crippen molar-refractivity contribution in [1.29, 1.82) is 5.26 Å². The quantitative estimate of drug-likeness (QED) is 0.650. The van der Waals surface area contributed by atoms with E-state index in [-0.39, 0.29) is 22.6 Å². The van der Waals surface area contributed by atoms with E-state index in [4.69, 9.17) is 5.26 Å². The highest BCUT2D eigenvalue weighted by molar-refractivity contribution is 6.03. The van der Waals surface area contributed by atoms with Gasteiger partial charge in [-0.1, -0.05) is 0 Å². The molecular formula is C15H13N3O3. The number of rotatable bonds is 2. The Kier molecular flexibility index (Phi) is 3.76. The van der Waals surface area contributed by atoms with Crippen LogP contribution in [0.3, 0.4) is 0 Å². The summed E-state index contributed by atoms with van der Waals surface area (Å²) in [6.07, 6.45) is 1.26. The standard InChI is InChI=1S/C15H13N3O3/c1-9-5-10(2)18(17-9)15(21)12(8-16)6-11-3-4-13(19)7-14(11)20/h3-7,19-20H,1-2H3/b12-6+. The first-order chi connectivity index (χ1) is 9.92. The van der Waals surface area contributed by atoms with E-state index >= 15 is 0 Å². The molecule has 0 spiro atoms. The van der Waals surface area contributed by atoms with Crippen LogP contribution in [-0.2, 0) is 0 Å². The normalized spacial score (nSPS) is 11.2. The lowest BCUT2D eigenvalue weighted by atomic mass is 10.1. The van der Waals surface area contributed by atoms with E-state index in [1.54, 1.807) is 26.0 Å². The predicted octanol–water partition coefficient (Wildman–Crippen LogP) is 2.16. The molecule has 0 bridgehead atoms. The van der Waals surface area contributed by atoms with Gasteiger partial charge in [-0.15, -0.1) is 0 Å². The second kappa shape index (κ2) is 5.51. The summed E-state index contributed by atoms with van der Waals surface area (Å²) >= 11 is 0. The molecule has 2 N–H and O–H groups in total. The summed E-state index contributed by atoms with van der Waals surface area (Å²) in [5.74, 6) is -0.896. The van der Waals surface area contributed by atoms with Gasteiger partial charge in [0.25, 0.3) is 5.91 Å². The van der Waals surface area contributed by atoms with E-state index < -0.39 is 5.91 Å². The number of aromatic hydroxyl groups is 2. The first-order valence-corrected chi connectivity index (χ1v) is 6.14. The highest BCUT2D eigenvalue weighted by Gasteiger charge is 2.16. The zero-order valence-corrected chi connectivity index (χ0v) is 11.5. The molecule has 0 saturated carbocycles. The Morgan fingerprint density at radius 1 is 1.33 bits per heavy atom. The monoisotopic (exact) mass is 283 g/mol. The molecule has 0 unspecified atom stereocenters. The van der Waals surface area contributed by atoms with Gasteiger partial charge in [-0.05, 0) is 38.1 Å². The number of aromatic nitrogens is 2. The first kappa shape index (κ1) is 14.3. The van der Waals surface area contributed by atoms with Crippen molar-refractivity contribution >= 4 is 12.0 Å². The van der Waals surface area contributed by atoms with Crippen LogP contribution in [0.4, 0.5) is 0 Å². The molecule has 2 aromatic rings. The maximum absolute atomic E-state index is 12.3. The number of phenolic OH excluding ortho intramolecular Hbond substituents is 2. The Labute approximate surface area is 121 Å². The number of benzene rings is 1. The third kappa shape index (κ3) is 2.92. The zero-order valence-electron chi connectivity index (χ0n) is 11.5. The van der Waals surface area contributed by atoms with E-state index in [9.17, 15) is 15.0 Å². The minimum absolute atomic E-state index is 0.104. The van der Waals surface area contributed by atoms with Crippen LogP contribution in [-0.4, -0.2) is 25.9 Å². The number of hydrogen-bond acceptors (Lipinski definition) is 5. The lowest BCUT2D eigenvalue weighted by Gasteiger charge is -2.03. The van der Waals surface area contributed by atoms with E-state index in [1.165, 1.54) is 18.2 Å².